The second-order valence-electron chi connectivity index (χ2n) is 4.61. The average Bonchev–Trinajstić information content (AvgIpc) is 3.15. The highest BCUT2D eigenvalue weighted by Gasteiger charge is 2.48. The summed E-state index contributed by atoms with van der Waals surface area (Å²) in [6, 6.07) is 6.38. The summed E-state index contributed by atoms with van der Waals surface area (Å²) in [6.45, 7) is 0. The summed E-state index contributed by atoms with van der Waals surface area (Å²) >= 11 is 1.46. The van der Waals surface area contributed by atoms with Crippen molar-refractivity contribution in [1.29, 1.82) is 0 Å². The largest absolute Gasteiger partial charge is 0.368 e. The molecule has 0 saturated heterocycles. The molecule has 3 N–H and O–H groups in total. The topological polar surface area (TPSA) is 55.1 Å². The zero-order valence-electron chi connectivity index (χ0n) is 10.3. The van der Waals surface area contributed by atoms with Gasteiger partial charge in [0, 0.05) is 10.6 Å². The molecule has 1 aliphatic carbocycles. The number of halogens is 1. The number of hydrogen-bond acceptors (Lipinski definition) is 3. The first-order valence-electron chi connectivity index (χ1n) is 5.95. The molecule has 3 nitrogen and oxygen atoms in total. The lowest BCUT2D eigenvalue weighted by Gasteiger charge is -2.30. The minimum absolute atomic E-state index is 0.263. The van der Waals surface area contributed by atoms with Gasteiger partial charge in [0.1, 0.15) is 11.4 Å². The summed E-state index contributed by atoms with van der Waals surface area (Å²) in [4.78, 5) is 12.5. The summed E-state index contributed by atoms with van der Waals surface area (Å²) < 4.78 is 13.1. The van der Waals surface area contributed by atoms with E-state index in [1.54, 1.807) is 13.1 Å². The number of likely N-dealkylation sites (N-methyl/N-ethyl adjacent to an activating group) is 1. The van der Waals surface area contributed by atoms with Crippen LogP contribution >= 0.6 is 11.8 Å². The fourth-order valence-electron chi connectivity index (χ4n) is 2.12. The average molecular weight is 268 g/mol. The van der Waals surface area contributed by atoms with Gasteiger partial charge >= 0.3 is 0 Å². The van der Waals surface area contributed by atoms with Gasteiger partial charge in [0.2, 0.25) is 5.91 Å². The maximum absolute atomic E-state index is 13.1. The third kappa shape index (κ3) is 2.67. The minimum Gasteiger partial charge on any atom is -0.368 e. The number of hydrogen-bond donors (Lipinski definition) is 2. The van der Waals surface area contributed by atoms with E-state index in [-0.39, 0.29) is 11.7 Å². The van der Waals surface area contributed by atoms with Crippen molar-refractivity contribution in [2.45, 2.75) is 23.3 Å². The molecule has 1 fully saturated rings. The van der Waals surface area contributed by atoms with E-state index in [1.807, 2.05) is 6.07 Å². The highest BCUT2D eigenvalue weighted by molar-refractivity contribution is 7.99. The number of carbonyl (C=O) groups excluding carboxylic acids is 1. The van der Waals surface area contributed by atoms with Gasteiger partial charge in [0.25, 0.3) is 0 Å². The number of carbonyl (C=O) groups is 1. The van der Waals surface area contributed by atoms with Crippen LogP contribution in [0.3, 0.4) is 0 Å². The Bertz CT molecular complexity index is 450. The minimum atomic E-state index is -0.670. The molecule has 1 atom stereocenters. The Kier molecular flexibility index (Phi) is 3.92. The normalized spacial score (nSPS) is 18.3. The second kappa shape index (κ2) is 5.28. The quantitative estimate of drug-likeness (QED) is 0.773. The molecule has 18 heavy (non-hydrogen) atoms. The van der Waals surface area contributed by atoms with Crippen LogP contribution in [0.15, 0.2) is 29.2 Å². The lowest BCUT2D eigenvalue weighted by atomic mass is 9.95. The van der Waals surface area contributed by atoms with E-state index in [1.165, 1.54) is 23.9 Å². The lowest BCUT2D eigenvalue weighted by Crippen LogP contribution is -2.57. The van der Waals surface area contributed by atoms with Crippen molar-refractivity contribution in [3.8, 4) is 0 Å². The Morgan fingerprint density at radius 1 is 1.61 bits per heavy atom. The lowest BCUT2D eigenvalue weighted by molar-refractivity contribution is -0.124. The number of benzene rings is 1. The first-order chi connectivity index (χ1) is 8.58. The molecule has 0 bridgehead atoms. The Balaban J connectivity index is 2.08. The number of nitrogens with one attached hydrogen (secondary N) is 1. The molecule has 5 heteroatoms. The Morgan fingerprint density at radius 3 is 2.83 bits per heavy atom. The molecule has 1 unspecified atom stereocenters. The molecule has 1 saturated carbocycles. The maximum Gasteiger partial charge on any atom is 0.238 e. The molecule has 0 aliphatic heterocycles. The first-order valence-corrected chi connectivity index (χ1v) is 6.94. The molecule has 1 aromatic rings. The van der Waals surface area contributed by atoms with Crippen LogP contribution in [0, 0.1) is 11.7 Å². The Hall–Kier alpha value is -1.07. The van der Waals surface area contributed by atoms with Crippen LogP contribution in [0.5, 0.6) is 0 Å². The van der Waals surface area contributed by atoms with Gasteiger partial charge in [-0.3, -0.25) is 4.79 Å². The van der Waals surface area contributed by atoms with E-state index in [4.69, 9.17) is 5.73 Å². The standard InChI is InChI=1S/C13H17FN2OS/c1-16-13(12(15)17,9-5-6-9)8-18-11-4-2-3-10(14)7-11/h2-4,7,9,16H,5-6,8H2,1H3,(H2,15,17). The molecule has 98 valence electrons. The van der Waals surface area contributed by atoms with Crippen LogP contribution in [0.2, 0.25) is 0 Å². The van der Waals surface area contributed by atoms with Crippen LogP contribution in [-0.2, 0) is 4.79 Å². The predicted molar refractivity (Wildman–Crippen MR) is 70.8 cm³/mol. The Morgan fingerprint density at radius 2 is 2.33 bits per heavy atom. The smallest absolute Gasteiger partial charge is 0.238 e. The van der Waals surface area contributed by atoms with Crippen LogP contribution in [-0.4, -0.2) is 24.2 Å². The molecule has 2 rings (SSSR count). The number of amides is 1. The van der Waals surface area contributed by atoms with Crippen molar-refractivity contribution in [3.63, 3.8) is 0 Å². The Labute approximate surface area is 110 Å². The fourth-order valence-corrected chi connectivity index (χ4v) is 3.41. The molecular formula is C13H17FN2OS. The van der Waals surface area contributed by atoms with Crippen LogP contribution < -0.4 is 11.1 Å². The van der Waals surface area contributed by atoms with Crippen molar-refractivity contribution >= 4 is 17.7 Å². The highest BCUT2D eigenvalue weighted by atomic mass is 32.2. The van der Waals surface area contributed by atoms with Crippen LogP contribution in [0.1, 0.15) is 12.8 Å². The van der Waals surface area contributed by atoms with Gasteiger partial charge in [-0.1, -0.05) is 6.07 Å². The molecule has 1 aliphatic rings. The molecule has 0 spiro atoms. The van der Waals surface area contributed by atoms with Gasteiger partial charge in [-0.2, -0.15) is 0 Å². The van der Waals surface area contributed by atoms with E-state index >= 15 is 0 Å². The first kappa shape index (κ1) is 13.4. The van der Waals surface area contributed by atoms with Gasteiger partial charge in [-0.15, -0.1) is 11.8 Å². The summed E-state index contributed by atoms with van der Waals surface area (Å²) in [6.07, 6.45) is 2.04. The third-order valence-electron chi connectivity index (χ3n) is 3.42. The maximum atomic E-state index is 13.1. The summed E-state index contributed by atoms with van der Waals surface area (Å²) in [5, 5.41) is 3.07. The van der Waals surface area contributed by atoms with E-state index in [9.17, 15) is 9.18 Å². The summed E-state index contributed by atoms with van der Waals surface area (Å²) in [7, 11) is 1.76. The second-order valence-corrected chi connectivity index (χ2v) is 5.65. The van der Waals surface area contributed by atoms with Gasteiger partial charge in [0.05, 0.1) is 0 Å². The molecule has 0 aromatic heterocycles. The van der Waals surface area contributed by atoms with Crippen molar-refractivity contribution in [3.05, 3.63) is 30.1 Å². The zero-order chi connectivity index (χ0) is 13.2. The van der Waals surface area contributed by atoms with Crippen molar-refractivity contribution in [2.75, 3.05) is 12.8 Å². The molecule has 1 aromatic carbocycles. The van der Waals surface area contributed by atoms with Crippen molar-refractivity contribution in [2.24, 2.45) is 11.7 Å². The number of nitrogens with two attached hydrogens (primary N) is 1. The van der Waals surface area contributed by atoms with Gasteiger partial charge in [-0.05, 0) is 44.0 Å². The highest BCUT2D eigenvalue weighted by Crippen LogP contribution is 2.42. The van der Waals surface area contributed by atoms with Gasteiger partial charge < -0.3 is 11.1 Å². The zero-order valence-corrected chi connectivity index (χ0v) is 11.1. The van der Waals surface area contributed by atoms with Crippen molar-refractivity contribution < 1.29 is 9.18 Å². The number of primary amides is 1. The summed E-state index contributed by atoms with van der Waals surface area (Å²) in [5.74, 6) is 0.255. The van der Waals surface area contributed by atoms with Crippen molar-refractivity contribution in [1.82, 2.24) is 5.32 Å². The van der Waals surface area contributed by atoms with Gasteiger partial charge in [0.15, 0.2) is 0 Å². The monoisotopic (exact) mass is 268 g/mol. The van der Waals surface area contributed by atoms with E-state index in [0.717, 1.165) is 17.7 Å². The van der Waals surface area contributed by atoms with E-state index in [2.05, 4.69) is 5.32 Å². The number of thioether (sulfide) groups is 1. The van der Waals surface area contributed by atoms with E-state index < -0.39 is 5.54 Å². The van der Waals surface area contributed by atoms with E-state index in [0.29, 0.717) is 11.7 Å². The molecular weight excluding hydrogens is 251 g/mol. The summed E-state index contributed by atoms with van der Waals surface area (Å²) in [5.41, 5.74) is 4.86. The number of rotatable bonds is 6. The van der Waals surface area contributed by atoms with Crippen LogP contribution in [0.4, 0.5) is 4.39 Å². The SMILES string of the molecule is CNC(CSc1cccc(F)c1)(C(N)=O)C1CC1. The van der Waals surface area contributed by atoms with Crippen LogP contribution in [0.25, 0.3) is 0 Å². The third-order valence-corrected chi connectivity index (χ3v) is 4.61. The predicted octanol–water partition coefficient (Wildman–Crippen LogP) is 1.77. The molecule has 1 amide bonds. The van der Waals surface area contributed by atoms with Gasteiger partial charge in [-0.25, -0.2) is 4.39 Å². The molecule has 0 radical (unpaired) electrons. The fraction of sp³-hybridized carbons (Fsp3) is 0.462. The molecule has 0 heterocycles.